The van der Waals surface area contributed by atoms with E-state index >= 15 is 0 Å². The van der Waals surface area contributed by atoms with Crippen LogP contribution in [0, 0.1) is 23.7 Å². The minimum atomic E-state index is -1.85. The maximum atomic E-state index is 14.5. The van der Waals surface area contributed by atoms with Gasteiger partial charge in [0.25, 0.3) is 0 Å². The molecule has 0 saturated carbocycles. The number of rotatable bonds is 7. The summed E-state index contributed by atoms with van der Waals surface area (Å²) in [7, 11) is 3.73. The first-order chi connectivity index (χ1) is 27.3. The molecule has 2 bridgehead atoms. The summed E-state index contributed by atoms with van der Waals surface area (Å²) in [6, 6.07) is 5.16. The number of ether oxygens (including phenoxy) is 5. The van der Waals surface area contributed by atoms with Gasteiger partial charge in [-0.15, -0.1) is 0 Å². The second kappa shape index (κ2) is 18.7. The number of hydrogen-bond donors (Lipinski definition) is 3. The number of nitrogens with one attached hydrogen (secondary N) is 1. The molecule has 3 fully saturated rings. The van der Waals surface area contributed by atoms with Crippen LogP contribution in [0.2, 0.25) is 0 Å². The molecule has 3 saturated heterocycles. The highest BCUT2D eigenvalue weighted by Crippen LogP contribution is 2.40. The number of carbonyl (C=O) groups excluding carboxylic acids is 3. The Kier molecular flexibility index (Phi) is 14.6. The van der Waals surface area contributed by atoms with Crippen LogP contribution in [0.4, 0.5) is 0 Å². The van der Waals surface area contributed by atoms with Crippen LogP contribution in [-0.4, -0.2) is 141 Å². The van der Waals surface area contributed by atoms with Gasteiger partial charge >= 0.3 is 5.97 Å². The van der Waals surface area contributed by atoms with Gasteiger partial charge in [-0.3, -0.25) is 14.4 Å². The van der Waals surface area contributed by atoms with Crippen molar-refractivity contribution in [2.75, 3.05) is 27.3 Å². The number of esters is 1. The molecule has 17 heteroatoms. The molecule has 322 valence electrons. The fourth-order valence-electron chi connectivity index (χ4n) is 8.78. The van der Waals surface area contributed by atoms with E-state index < -0.39 is 83.2 Å². The van der Waals surface area contributed by atoms with E-state index in [2.05, 4.69) is 25.6 Å². The number of aliphatic hydroxyl groups is 2. The number of cyclic esters (lactones) is 1. The van der Waals surface area contributed by atoms with Gasteiger partial charge in [0, 0.05) is 30.5 Å². The number of oxime groups is 1. The second-order valence-corrected chi connectivity index (χ2v) is 17.0. The molecule has 3 aliphatic heterocycles. The van der Waals surface area contributed by atoms with Crippen LogP contribution in [0.25, 0.3) is 11.0 Å². The van der Waals surface area contributed by atoms with E-state index in [9.17, 15) is 24.6 Å². The lowest BCUT2D eigenvalue weighted by atomic mass is 9.73. The van der Waals surface area contributed by atoms with E-state index in [0.29, 0.717) is 28.9 Å². The van der Waals surface area contributed by atoms with Crippen LogP contribution in [0.5, 0.6) is 0 Å². The highest BCUT2D eigenvalue weighted by atomic mass is 16.7. The van der Waals surface area contributed by atoms with Gasteiger partial charge in [-0.05, 0) is 84.7 Å². The van der Waals surface area contributed by atoms with Crippen molar-refractivity contribution >= 4 is 40.1 Å². The first-order valence-electron chi connectivity index (χ1n) is 20.2. The Morgan fingerprint density at radius 2 is 1.78 bits per heavy atom. The van der Waals surface area contributed by atoms with Gasteiger partial charge in [0.15, 0.2) is 12.1 Å². The molecular formula is C41H62N6O11. The zero-order valence-corrected chi connectivity index (χ0v) is 35.6. The normalized spacial score (nSPS) is 38.6. The number of hydrogen-bond acceptors (Lipinski definition) is 15. The van der Waals surface area contributed by atoms with E-state index in [-0.39, 0.29) is 44.8 Å². The van der Waals surface area contributed by atoms with Crippen LogP contribution in [0.15, 0.2) is 28.3 Å². The van der Waals surface area contributed by atoms with Crippen LogP contribution in [0.1, 0.15) is 87.1 Å². The Bertz CT molecular complexity index is 1830. The monoisotopic (exact) mass is 814 g/mol. The summed E-state index contributed by atoms with van der Waals surface area (Å²) in [5, 5.41) is 39.3. The molecule has 0 aliphatic carbocycles. The average molecular weight is 815 g/mol. The van der Waals surface area contributed by atoms with Crippen LogP contribution < -0.4 is 0 Å². The van der Waals surface area contributed by atoms with Gasteiger partial charge in [-0.25, -0.2) is 4.99 Å². The number of aliphatic hydroxyl groups excluding tert-OH is 1. The lowest BCUT2D eigenvalue weighted by Gasteiger charge is -2.47. The average Bonchev–Trinajstić information content (AvgIpc) is 3.63. The third-order valence-electron chi connectivity index (χ3n) is 11.9. The first kappa shape index (κ1) is 45.4. The molecule has 13 atom stereocenters. The molecule has 58 heavy (non-hydrogen) atoms. The molecule has 1 aromatic heterocycles. The number of benzene rings is 1. The fourth-order valence-corrected chi connectivity index (χ4v) is 8.78. The highest BCUT2D eigenvalue weighted by molar-refractivity contribution is 6.00. The Hall–Kier alpha value is -3.71. The van der Waals surface area contributed by atoms with Crippen LogP contribution >= 0.6 is 0 Å². The maximum absolute atomic E-state index is 14.5. The second-order valence-electron chi connectivity index (χ2n) is 17.0. The van der Waals surface area contributed by atoms with E-state index in [1.165, 1.54) is 20.8 Å². The van der Waals surface area contributed by atoms with Gasteiger partial charge in [0.2, 0.25) is 5.91 Å². The van der Waals surface area contributed by atoms with Crippen molar-refractivity contribution in [1.82, 2.24) is 20.3 Å². The zero-order valence-electron chi connectivity index (χ0n) is 35.6. The zero-order chi connectivity index (χ0) is 42.7. The summed E-state index contributed by atoms with van der Waals surface area (Å²) < 4.78 is 32.4. The van der Waals surface area contributed by atoms with Gasteiger partial charge in [-0.1, -0.05) is 38.9 Å². The first-order valence-corrected chi connectivity index (χ1v) is 20.2. The number of aromatic amines is 1. The highest BCUT2D eigenvalue weighted by Gasteiger charge is 2.53. The fraction of sp³-hybridized carbons (Fsp3) is 0.732. The number of Topliss-reactive ketones (excluding diaryl/α,β-unsaturated/α-hetero) is 1. The van der Waals surface area contributed by atoms with E-state index in [4.69, 9.17) is 28.5 Å². The number of aromatic nitrogens is 3. The van der Waals surface area contributed by atoms with E-state index in [0.717, 1.165) is 5.56 Å². The summed E-state index contributed by atoms with van der Waals surface area (Å²) in [6.07, 6.45) is -5.11. The van der Waals surface area contributed by atoms with Crippen molar-refractivity contribution in [1.29, 1.82) is 0 Å². The van der Waals surface area contributed by atoms with Crippen molar-refractivity contribution < 1.29 is 53.1 Å². The number of nitrogens with zero attached hydrogens (tertiary/aromatic N) is 5. The molecular weight excluding hydrogens is 752 g/mol. The molecule has 17 nitrogen and oxygen atoms in total. The molecule has 1 amide bonds. The molecule has 1 aromatic carbocycles. The summed E-state index contributed by atoms with van der Waals surface area (Å²) in [5.74, 6) is -5.32. The summed E-state index contributed by atoms with van der Waals surface area (Å²) in [6.45, 7) is 14.8. The van der Waals surface area contributed by atoms with E-state index in [1.807, 2.05) is 51.0 Å². The van der Waals surface area contributed by atoms with Crippen molar-refractivity contribution in [2.45, 2.75) is 142 Å². The quantitative estimate of drug-likeness (QED) is 0.208. The van der Waals surface area contributed by atoms with E-state index in [1.54, 1.807) is 27.7 Å². The standard InChI is InChI=1S/C41H62N6O11/c1-12-32-41(9,52)37-23(4)33(42-26(7)48)21(2)17-40(8,54-20-28(19-53-37)45-55-18-27-13-14-29-30(16-27)44-46-43-29)36(24(5)34(49)25(6)38(51)57-32)58-39-35(50)31(47(10)11)15-22(3)56-39/h13-14,16,21-25,31-32,35-37,39,50,52H,12,15,17-20H2,1-11H3,(H,43,44,46)/b42-33?,45-28+/t21-,22-,23+,24+,25-,31+,32-,35-,36-,37+,39+,40-,41-/m1/s1. The SMILES string of the molecule is CC[C@H]1OC(=O)[C@H](C)C(=O)[C@H](C)[C@@H](O[C@@H]2O[C@H](C)C[C@H](N(C)C)[C@H]2O)[C@@]2(C)C[C@@H](C)C(=NC(C)=O)[C@H](C)[C@H](OC/C(=N\OCc3ccc4n[nH]nc4c3)CO2)[C@]1(C)O. The van der Waals surface area contributed by atoms with Crippen LogP contribution in [0.3, 0.4) is 0 Å². The minimum absolute atomic E-state index is 0.0682. The van der Waals surface area contributed by atoms with Crippen molar-refractivity contribution in [3.63, 3.8) is 0 Å². The molecule has 3 N–H and O–H groups in total. The van der Waals surface area contributed by atoms with Gasteiger partial charge in [-0.2, -0.15) is 15.4 Å². The number of likely N-dealkylation sites (N-methyl/N-ethyl adjacent to an activating group) is 1. The summed E-state index contributed by atoms with van der Waals surface area (Å²) >= 11 is 0. The molecule has 4 heterocycles. The predicted molar refractivity (Wildman–Crippen MR) is 213 cm³/mol. The molecule has 5 rings (SSSR count). The Balaban J connectivity index is 1.66. The molecule has 0 spiro atoms. The molecule has 2 aromatic rings. The van der Waals surface area contributed by atoms with Crippen LogP contribution in [-0.2, 0) is 49.5 Å². The van der Waals surface area contributed by atoms with Crippen molar-refractivity contribution in [2.24, 2.45) is 33.8 Å². The Morgan fingerprint density at radius 1 is 1.07 bits per heavy atom. The third-order valence-corrected chi connectivity index (χ3v) is 11.9. The number of aliphatic imine (C=N–C) groups is 1. The topological polar surface area (TPSA) is 217 Å². The largest absolute Gasteiger partial charge is 0.459 e. The summed E-state index contributed by atoms with van der Waals surface area (Å²) in [5.41, 5.74) is -0.409. The summed E-state index contributed by atoms with van der Waals surface area (Å²) in [4.78, 5) is 53.4. The Labute approximate surface area is 340 Å². The molecule has 0 radical (unpaired) electrons. The lowest BCUT2D eigenvalue weighted by Crippen LogP contribution is -2.60. The number of carbonyl (C=O) groups is 3. The van der Waals surface area contributed by atoms with Gasteiger partial charge < -0.3 is 43.6 Å². The number of ketones is 1. The minimum Gasteiger partial charge on any atom is -0.459 e. The third kappa shape index (κ3) is 10.00. The Morgan fingerprint density at radius 3 is 2.45 bits per heavy atom. The maximum Gasteiger partial charge on any atom is 0.316 e. The van der Waals surface area contributed by atoms with Gasteiger partial charge in [0.05, 0.1) is 37.1 Å². The number of H-pyrrole nitrogens is 1. The van der Waals surface area contributed by atoms with Crippen molar-refractivity contribution in [3.8, 4) is 0 Å². The number of fused-ring (bicyclic) bond motifs is 6. The smallest absolute Gasteiger partial charge is 0.316 e. The van der Waals surface area contributed by atoms with Crippen molar-refractivity contribution in [3.05, 3.63) is 23.8 Å². The molecule has 3 aliphatic rings. The molecule has 0 unspecified atom stereocenters. The lowest BCUT2D eigenvalue weighted by molar-refractivity contribution is -0.296. The number of amides is 1. The van der Waals surface area contributed by atoms with Gasteiger partial charge in [0.1, 0.15) is 47.1 Å². The predicted octanol–water partition coefficient (Wildman–Crippen LogP) is 3.39.